The summed E-state index contributed by atoms with van der Waals surface area (Å²) in [5.74, 6) is 0.0430. The highest BCUT2D eigenvalue weighted by atomic mass is 32.2. The molecule has 0 bridgehead atoms. The summed E-state index contributed by atoms with van der Waals surface area (Å²) in [6.45, 7) is 3.32. The first-order valence-electron chi connectivity index (χ1n) is 4.56. The highest BCUT2D eigenvalue weighted by Gasteiger charge is 2.16. The molecular weight excluding hydrogens is 244 g/mol. The Morgan fingerprint density at radius 1 is 1.47 bits per heavy atom. The Labute approximate surface area is 102 Å². The number of hydrogen-bond donors (Lipinski definition) is 0. The van der Waals surface area contributed by atoms with Gasteiger partial charge in [-0.1, -0.05) is 18.7 Å². The van der Waals surface area contributed by atoms with Crippen molar-refractivity contribution in [1.82, 2.24) is 4.63 Å². The SMILES string of the molecule is C=CC(=O)Oc1ccccc1ON1OC=NS1. The molecule has 2 rings (SSSR count). The van der Waals surface area contributed by atoms with E-state index >= 15 is 0 Å². The summed E-state index contributed by atoms with van der Waals surface area (Å²) < 4.78 is 9.77. The van der Waals surface area contributed by atoms with E-state index in [1.807, 2.05) is 0 Å². The number of para-hydroxylation sites is 2. The van der Waals surface area contributed by atoms with E-state index in [0.29, 0.717) is 5.75 Å². The Kier molecular flexibility index (Phi) is 3.63. The number of nitrogens with zero attached hydrogens (tertiary/aromatic N) is 2. The summed E-state index contributed by atoms with van der Waals surface area (Å²) in [4.78, 5) is 21.3. The van der Waals surface area contributed by atoms with Gasteiger partial charge in [0.25, 0.3) is 0 Å². The lowest BCUT2D eigenvalue weighted by Gasteiger charge is -2.13. The molecule has 0 amide bonds. The zero-order chi connectivity index (χ0) is 12.1. The van der Waals surface area contributed by atoms with Crippen LogP contribution in [0.3, 0.4) is 0 Å². The summed E-state index contributed by atoms with van der Waals surface area (Å²) in [7, 11) is 0. The molecule has 0 unspecified atom stereocenters. The van der Waals surface area contributed by atoms with Gasteiger partial charge in [-0.3, -0.25) is 0 Å². The first-order chi connectivity index (χ1) is 8.29. The molecule has 0 atom stereocenters. The van der Waals surface area contributed by atoms with Crippen LogP contribution in [0.25, 0.3) is 0 Å². The molecule has 1 aromatic rings. The van der Waals surface area contributed by atoms with E-state index in [2.05, 4.69) is 11.0 Å². The van der Waals surface area contributed by atoms with Gasteiger partial charge in [-0.25, -0.2) is 4.79 Å². The number of carbonyl (C=O) groups excluding carboxylic acids is 1. The molecule has 1 aromatic carbocycles. The lowest BCUT2D eigenvalue weighted by Crippen LogP contribution is -2.16. The van der Waals surface area contributed by atoms with E-state index in [1.54, 1.807) is 24.3 Å². The molecule has 0 saturated carbocycles. The summed E-state index contributed by atoms with van der Waals surface area (Å²) in [6, 6.07) is 6.68. The first kappa shape index (κ1) is 11.5. The van der Waals surface area contributed by atoms with Crippen molar-refractivity contribution in [2.75, 3.05) is 0 Å². The Bertz CT molecular complexity index is 455. The van der Waals surface area contributed by atoms with Crippen LogP contribution in [0.15, 0.2) is 41.3 Å². The van der Waals surface area contributed by atoms with Gasteiger partial charge in [0.05, 0.1) is 0 Å². The molecule has 0 aliphatic carbocycles. The number of benzene rings is 1. The molecule has 0 saturated heterocycles. The van der Waals surface area contributed by atoms with Gasteiger partial charge >= 0.3 is 5.97 Å². The number of esters is 1. The second-order valence-electron chi connectivity index (χ2n) is 2.78. The third-order valence-corrected chi connectivity index (χ3v) is 2.16. The fourth-order valence-corrected chi connectivity index (χ4v) is 1.36. The summed E-state index contributed by atoms with van der Waals surface area (Å²) in [6.07, 6.45) is 2.30. The summed E-state index contributed by atoms with van der Waals surface area (Å²) >= 11 is 0.968. The van der Waals surface area contributed by atoms with Gasteiger partial charge in [0.1, 0.15) is 16.8 Å². The summed E-state index contributed by atoms with van der Waals surface area (Å²) in [5.41, 5.74) is 0. The van der Waals surface area contributed by atoms with Crippen molar-refractivity contribution < 1.29 is 19.2 Å². The maximum Gasteiger partial charge on any atom is 0.335 e. The number of rotatable bonds is 4. The maximum absolute atomic E-state index is 11.1. The highest BCUT2D eigenvalue weighted by Crippen LogP contribution is 2.30. The van der Waals surface area contributed by atoms with Gasteiger partial charge in [0.2, 0.25) is 6.40 Å². The standard InChI is InChI=1S/C10H8N2O4S/c1-2-10(13)15-8-5-3-4-6-9(8)16-12-14-7-11-17-12/h2-7H,1H2. The van der Waals surface area contributed by atoms with Crippen LogP contribution in [-0.4, -0.2) is 17.0 Å². The van der Waals surface area contributed by atoms with Crippen LogP contribution in [-0.2, 0) is 9.63 Å². The van der Waals surface area contributed by atoms with Gasteiger partial charge in [0.15, 0.2) is 11.5 Å². The molecule has 1 heterocycles. The zero-order valence-corrected chi connectivity index (χ0v) is 9.42. The minimum absolute atomic E-state index is 0.272. The van der Waals surface area contributed by atoms with Gasteiger partial charge in [-0.15, -0.1) is 0 Å². The van der Waals surface area contributed by atoms with Crippen molar-refractivity contribution in [3.63, 3.8) is 0 Å². The second kappa shape index (κ2) is 5.37. The monoisotopic (exact) mass is 252 g/mol. The molecule has 6 nitrogen and oxygen atoms in total. The van der Waals surface area contributed by atoms with Gasteiger partial charge in [0, 0.05) is 6.08 Å². The molecule has 0 N–H and O–H groups in total. The van der Waals surface area contributed by atoms with Gasteiger partial charge in [-0.05, 0) is 12.1 Å². The van der Waals surface area contributed by atoms with E-state index in [1.165, 1.54) is 6.40 Å². The zero-order valence-electron chi connectivity index (χ0n) is 8.61. The smallest absolute Gasteiger partial charge is 0.335 e. The third kappa shape index (κ3) is 2.99. The fourth-order valence-electron chi connectivity index (χ4n) is 1.01. The summed E-state index contributed by atoms with van der Waals surface area (Å²) in [5, 5.41) is 0. The van der Waals surface area contributed by atoms with Crippen molar-refractivity contribution in [3.8, 4) is 11.5 Å². The minimum atomic E-state index is -0.563. The first-order valence-corrected chi connectivity index (χ1v) is 5.30. The van der Waals surface area contributed by atoms with Crippen molar-refractivity contribution in [1.29, 1.82) is 0 Å². The molecule has 88 valence electrons. The quantitative estimate of drug-likeness (QED) is 0.353. The number of ether oxygens (including phenoxy) is 1. The van der Waals surface area contributed by atoms with Crippen LogP contribution in [0.1, 0.15) is 0 Å². The largest absolute Gasteiger partial charge is 0.419 e. The second-order valence-corrected chi connectivity index (χ2v) is 3.46. The topological polar surface area (TPSA) is 60.4 Å². The van der Waals surface area contributed by atoms with Crippen LogP contribution in [0.4, 0.5) is 0 Å². The van der Waals surface area contributed by atoms with E-state index in [0.717, 1.165) is 22.8 Å². The van der Waals surface area contributed by atoms with Gasteiger partial charge in [-0.2, -0.15) is 4.40 Å². The molecule has 0 radical (unpaired) electrons. The van der Waals surface area contributed by atoms with E-state index in [9.17, 15) is 4.79 Å². The Morgan fingerprint density at radius 2 is 2.24 bits per heavy atom. The maximum atomic E-state index is 11.1. The highest BCUT2D eigenvalue weighted by molar-refractivity contribution is 7.95. The number of hydrogen-bond acceptors (Lipinski definition) is 7. The average molecular weight is 252 g/mol. The minimum Gasteiger partial charge on any atom is -0.419 e. The molecule has 0 aromatic heterocycles. The van der Waals surface area contributed by atoms with Gasteiger partial charge < -0.3 is 14.4 Å². The van der Waals surface area contributed by atoms with Crippen molar-refractivity contribution >= 4 is 24.5 Å². The van der Waals surface area contributed by atoms with Crippen LogP contribution in [0.2, 0.25) is 0 Å². The van der Waals surface area contributed by atoms with Crippen LogP contribution >= 0.6 is 12.1 Å². The normalized spacial score (nSPS) is 14.1. The number of carbonyl (C=O) groups is 1. The molecule has 1 aliphatic heterocycles. The van der Waals surface area contributed by atoms with Crippen molar-refractivity contribution in [3.05, 3.63) is 36.9 Å². The fraction of sp³-hybridized carbons (Fsp3) is 0. The Hall–Kier alpha value is -1.99. The van der Waals surface area contributed by atoms with Crippen molar-refractivity contribution in [2.24, 2.45) is 4.40 Å². The predicted molar refractivity (Wildman–Crippen MR) is 61.9 cm³/mol. The molecular formula is C10H8N2O4S. The third-order valence-electron chi connectivity index (χ3n) is 1.69. The molecule has 1 aliphatic rings. The Balaban J connectivity index is 2.09. The van der Waals surface area contributed by atoms with Crippen LogP contribution < -0.4 is 9.57 Å². The van der Waals surface area contributed by atoms with Crippen LogP contribution in [0, 0.1) is 0 Å². The Morgan fingerprint density at radius 3 is 2.88 bits per heavy atom. The van der Waals surface area contributed by atoms with Crippen LogP contribution in [0.5, 0.6) is 11.5 Å². The molecule has 17 heavy (non-hydrogen) atoms. The average Bonchev–Trinajstić information content (AvgIpc) is 2.84. The van der Waals surface area contributed by atoms with E-state index in [4.69, 9.17) is 14.4 Å². The van der Waals surface area contributed by atoms with E-state index in [-0.39, 0.29) is 5.75 Å². The lowest BCUT2D eigenvalue weighted by atomic mass is 10.3. The molecule has 7 heteroatoms. The van der Waals surface area contributed by atoms with E-state index < -0.39 is 5.97 Å². The predicted octanol–water partition coefficient (Wildman–Crippen LogP) is 1.91. The van der Waals surface area contributed by atoms with Crippen molar-refractivity contribution in [2.45, 2.75) is 0 Å². The molecule has 0 fully saturated rings. The molecule has 0 spiro atoms. The lowest BCUT2D eigenvalue weighted by molar-refractivity contribution is -0.167.